The Hall–Kier alpha value is -6.00. The molecule has 0 amide bonds. The highest BCUT2D eigenvalue weighted by Gasteiger charge is 2.31. The molecule has 0 aliphatic carbocycles. The largest absolute Gasteiger partial charge is 0.383 e. The van der Waals surface area contributed by atoms with Gasteiger partial charge in [-0.2, -0.15) is 9.83 Å². The van der Waals surface area contributed by atoms with Gasteiger partial charge in [0.1, 0.15) is 42.0 Å². The van der Waals surface area contributed by atoms with Gasteiger partial charge in [-0.15, -0.1) is 0 Å². The number of fused-ring (bicyclic) bond motifs is 1. The first-order valence-electron chi connectivity index (χ1n) is 15.2. The molecule has 0 saturated carbocycles. The molecule has 1 aromatic carbocycles. The molecule has 5 aromatic heterocycles. The van der Waals surface area contributed by atoms with Crippen molar-refractivity contribution in [2.75, 3.05) is 31.2 Å². The van der Waals surface area contributed by atoms with Gasteiger partial charge in [-0.1, -0.05) is 21.8 Å². The van der Waals surface area contributed by atoms with Gasteiger partial charge in [0.15, 0.2) is 5.69 Å². The van der Waals surface area contributed by atoms with E-state index in [1.807, 2.05) is 34.9 Å². The molecule has 13 heteroatoms. The van der Waals surface area contributed by atoms with E-state index in [9.17, 15) is 4.39 Å². The first-order valence-corrected chi connectivity index (χ1v) is 15.2. The van der Waals surface area contributed by atoms with Crippen LogP contribution in [0, 0.1) is 17.1 Å². The molecule has 12 nitrogen and oxygen atoms in total. The summed E-state index contributed by atoms with van der Waals surface area (Å²) in [4.78, 5) is 30.0. The summed E-state index contributed by atoms with van der Waals surface area (Å²) in [7, 11) is 1.59. The van der Waals surface area contributed by atoms with Crippen LogP contribution in [0.25, 0.3) is 39.6 Å². The van der Waals surface area contributed by atoms with Gasteiger partial charge in [-0.05, 0) is 73.0 Å². The second kappa shape index (κ2) is 12.8. The predicted molar refractivity (Wildman–Crippen MR) is 173 cm³/mol. The highest BCUT2D eigenvalue weighted by atomic mass is 19.1. The molecular weight excluding hydrogens is 597 g/mol. The summed E-state index contributed by atoms with van der Waals surface area (Å²) in [5.41, 5.74) is 11.6. The van der Waals surface area contributed by atoms with E-state index in [1.165, 1.54) is 17.8 Å². The zero-order valence-electron chi connectivity index (χ0n) is 25.6. The molecule has 7 rings (SSSR count). The highest BCUT2D eigenvalue weighted by Crippen LogP contribution is 2.28. The van der Waals surface area contributed by atoms with Crippen molar-refractivity contribution in [3.8, 4) is 34.5 Å². The molecular formula is C34H31FN11O+. The maximum Gasteiger partial charge on any atom is 0.311 e. The van der Waals surface area contributed by atoms with E-state index in [-0.39, 0.29) is 11.9 Å². The summed E-state index contributed by atoms with van der Waals surface area (Å²) in [6.45, 7) is 2.67. The Bertz CT molecular complexity index is 2080. The van der Waals surface area contributed by atoms with Crippen molar-refractivity contribution in [2.45, 2.75) is 25.4 Å². The van der Waals surface area contributed by atoms with Crippen molar-refractivity contribution in [1.82, 2.24) is 34.6 Å². The van der Waals surface area contributed by atoms with Crippen LogP contribution in [0.2, 0.25) is 0 Å². The molecule has 1 aliphatic rings. The minimum Gasteiger partial charge on any atom is -0.383 e. The predicted octanol–water partition coefficient (Wildman–Crippen LogP) is 3.95. The number of pyridine rings is 3. The van der Waals surface area contributed by atoms with E-state index in [1.54, 1.807) is 36.4 Å². The number of aromatic nitrogens is 7. The smallest absolute Gasteiger partial charge is 0.311 e. The van der Waals surface area contributed by atoms with Gasteiger partial charge in [0.05, 0.1) is 11.8 Å². The third kappa shape index (κ3) is 6.01. The molecule has 0 bridgehead atoms. The first-order chi connectivity index (χ1) is 23.0. The van der Waals surface area contributed by atoms with E-state index >= 15 is 0 Å². The van der Waals surface area contributed by atoms with Crippen molar-refractivity contribution in [2.24, 2.45) is 0 Å². The number of hydrogen-bond acceptors (Lipinski definition) is 10. The quantitative estimate of drug-likeness (QED) is 0.238. The van der Waals surface area contributed by atoms with Crippen LogP contribution in [0.3, 0.4) is 0 Å². The number of nitrogens with zero attached hydrogens (tertiary/aromatic N) is 9. The Labute approximate surface area is 269 Å². The minimum atomic E-state index is -0.414. The zero-order valence-corrected chi connectivity index (χ0v) is 25.6. The van der Waals surface area contributed by atoms with Crippen molar-refractivity contribution in [1.29, 1.82) is 5.26 Å². The third-order valence-corrected chi connectivity index (χ3v) is 8.24. The Morgan fingerprint density at radius 1 is 0.979 bits per heavy atom. The van der Waals surface area contributed by atoms with Gasteiger partial charge >= 0.3 is 5.65 Å². The molecule has 1 fully saturated rings. The molecule has 0 radical (unpaired) electrons. The van der Waals surface area contributed by atoms with Crippen molar-refractivity contribution >= 4 is 22.8 Å². The third-order valence-electron chi connectivity index (χ3n) is 8.24. The molecule has 234 valence electrons. The molecule has 47 heavy (non-hydrogen) atoms. The fourth-order valence-electron chi connectivity index (χ4n) is 5.95. The lowest BCUT2D eigenvalue weighted by Crippen LogP contribution is -2.39. The van der Waals surface area contributed by atoms with Gasteiger partial charge < -0.3 is 15.9 Å². The van der Waals surface area contributed by atoms with Crippen LogP contribution in [0.1, 0.15) is 24.2 Å². The first kappa shape index (κ1) is 29.7. The number of nitrogen functional groups attached to an aromatic ring is 1. The Kier molecular flexibility index (Phi) is 8.07. The van der Waals surface area contributed by atoms with E-state index in [2.05, 4.69) is 54.4 Å². The summed E-state index contributed by atoms with van der Waals surface area (Å²) in [5.74, 6) is 1.43. The van der Waals surface area contributed by atoms with Crippen LogP contribution in [0.5, 0.6) is 0 Å². The van der Waals surface area contributed by atoms with Gasteiger partial charge in [0, 0.05) is 38.1 Å². The highest BCUT2D eigenvalue weighted by molar-refractivity contribution is 5.78. The van der Waals surface area contributed by atoms with Crippen LogP contribution in [0.15, 0.2) is 85.3 Å². The number of imidazole rings is 1. The van der Waals surface area contributed by atoms with Crippen molar-refractivity contribution < 1.29 is 13.8 Å². The van der Waals surface area contributed by atoms with E-state index < -0.39 is 5.82 Å². The number of nitriles is 1. The second-order valence-electron chi connectivity index (χ2n) is 11.2. The standard InChI is InChI=1S/C34H30FN11O/c1-47-46-29-11-10-28(27-9-6-23(35)20-40-27)42-33(29)45(34(46)26-3-2-15-39-32(26)37)25-7-4-22(5-8-25)21-44-17-13-24(14-18-44)41-30-12-16-38-31(19-36)43-30/h2-12,15-16,20,24,37H,13-14,17-18,21H2,1H3,(H,38,41,43)/p+1. The molecule has 6 aromatic rings. The number of hydrogen-bond donors (Lipinski definition) is 2. The molecule has 0 atom stereocenters. The molecule has 1 saturated heterocycles. The van der Waals surface area contributed by atoms with Gasteiger partial charge in [0.2, 0.25) is 11.3 Å². The summed E-state index contributed by atoms with van der Waals surface area (Å²) >= 11 is 0. The Balaban J connectivity index is 1.17. The van der Waals surface area contributed by atoms with Gasteiger partial charge in [-0.25, -0.2) is 19.3 Å². The summed E-state index contributed by atoms with van der Waals surface area (Å²) in [6, 6.07) is 22.8. The summed E-state index contributed by atoms with van der Waals surface area (Å²) in [6.07, 6.45) is 6.35. The number of benzene rings is 1. The van der Waals surface area contributed by atoms with E-state index in [0.29, 0.717) is 45.6 Å². The number of piperidine rings is 1. The van der Waals surface area contributed by atoms with Gasteiger partial charge in [0.25, 0.3) is 5.82 Å². The molecule has 6 heterocycles. The molecule has 3 N–H and O–H groups in total. The number of nitrogens with one attached hydrogen (secondary N) is 1. The second-order valence-corrected chi connectivity index (χ2v) is 11.2. The number of nitrogens with two attached hydrogens (primary N) is 1. The topological polar surface area (TPSA) is 148 Å². The summed E-state index contributed by atoms with van der Waals surface area (Å²) < 4.78 is 17.3. The fraction of sp³-hybridized carbons (Fsp3) is 0.206. The molecule has 0 unspecified atom stereocenters. The molecule has 0 spiro atoms. The number of likely N-dealkylation sites (tertiary alicyclic amines) is 1. The number of halogens is 1. The lowest BCUT2D eigenvalue weighted by molar-refractivity contribution is -0.559. The normalized spacial score (nSPS) is 13.8. The van der Waals surface area contributed by atoms with Crippen molar-refractivity contribution in [3.05, 3.63) is 103 Å². The number of anilines is 2. The monoisotopic (exact) mass is 628 g/mol. The lowest BCUT2D eigenvalue weighted by Gasteiger charge is -2.32. The lowest BCUT2D eigenvalue weighted by atomic mass is 10.0. The molecule has 1 aliphatic heterocycles. The van der Waals surface area contributed by atoms with Crippen LogP contribution >= 0.6 is 0 Å². The fourth-order valence-corrected chi connectivity index (χ4v) is 5.95. The van der Waals surface area contributed by atoms with Gasteiger partial charge in [-0.3, -0.25) is 9.88 Å². The van der Waals surface area contributed by atoms with Crippen LogP contribution in [-0.4, -0.2) is 60.8 Å². The van der Waals surface area contributed by atoms with Crippen LogP contribution in [0.4, 0.5) is 16.0 Å². The summed E-state index contributed by atoms with van der Waals surface area (Å²) in [5, 5.41) is 12.5. The Morgan fingerprint density at radius 3 is 2.51 bits per heavy atom. The van der Waals surface area contributed by atoms with E-state index in [4.69, 9.17) is 20.8 Å². The average Bonchev–Trinajstić information content (AvgIpc) is 3.43. The minimum absolute atomic E-state index is 0.165. The van der Waals surface area contributed by atoms with Crippen LogP contribution in [-0.2, 0) is 6.54 Å². The maximum atomic E-state index is 13.6. The van der Waals surface area contributed by atoms with Crippen LogP contribution < -0.4 is 20.5 Å². The zero-order chi connectivity index (χ0) is 32.3. The van der Waals surface area contributed by atoms with Crippen molar-refractivity contribution in [3.63, 3.8) is 0 Å². The maximum absolute atomic E-state index is 13.6. The Morgan fingerprint density at radius 2 is 1.79 bits per heavy atom. The number of rotatable bonds is 8. The van der Waals surface area contributed by atoms with E-state index in [0.717, 1.165) is 38.2 Å². The average molecular weight is 629 g/mol. The SMILES string of the molecule is COn1c(-c2cccnc2N)[n+](-c2ccc(CN3CCC(Nc4ccnc(C#N)n4)CC3)cc2)c2nc(-c3ccc(F)cn3)ccc21.